The number of esters is 1. The summed E-state index contributed by atoms with van der Waals surface area (Å²) in [5.74, 6) is 0.689. The third-order valence-electron chi connectivity index (χ3n) is 4.87. The topological polar surface area (TPSA) is 55.8 Å². The minimum Gasteiger partial charge on any atom is -0.497 e. The maximum absolute atomic E-state index is 12.5. The highest BCUT2D eigenvalue weighted by atomic mass is 16.5. The number of hydrogen-bond donors (Lipinski definition) is 0. The van der Waals surface area contributed by atoms with E-state index in [9.17, 15) is 9.59 Å². The summed E-state index contributed by atoms with van der Waals surface area (Å²) in [6, 6.07) is 7.74. The second-order valence-electron chi connectivity index (χ2n) is 6.11. The second kappa shape index (κ2) is 6.07. The number of hydrogen-bond acceptors (Lipinski definition) is 4. The van der Waals surface area contributed by atoms with Crippen LogP contribution in [-0.4, -0.2) is 37.0 Å². The highest BCUT2D eigenvalue weighted by Crippen LogP contribution is 2.44. The molecule has 2 bridgehead atoms. The van der Waals surface area contributed by atoms with E-state index >= 15 is 0 Å². The summed E-state index contributed by atoms with van der Waals surface area (Å²) < 4.78 is 9.98. The molecule has 1 aliphatic carbocycles. The molecule has 5 nitrogen and oxygen atoms in total. The standard InChI is InChI=1S/C18H21NO4/c1-11(18(21)23-3)15-8-13-9-16(15)19(17(13)20)10-12-4-6-14(22-2)7-5-12/h4-7,13,16H,8-10H2,1-3H3/b15-11-. The van der Waals surface area contributed by atoms with Crippen LogP contribution in [0.15, 0.2) is 35.4 Å². The molecule has 1 aromatic rings. The number of benzene rings is 1. The van der Waals surface area contributed by atoms with Crippen LogP contribution in [0.1, 0.15) is 25.3 Å². The molecular weight excluding hydrogens is 294 g/mol. The molecule has 1 aromatic carbocycles. The van der Waals surface area contributed by atoms with Crippen molar-refractivity contribution in [2.24, 2.45) is 5.92 Å². The van der Waals surface area contributed by atoms with E-state index in [2.05, 4.69) is 0 Å². The van der Waals surface area contributed by atoms with Gasteiger partial charge in [0.15, 0.2) is 0 Å². The lowest BCUT2D eigenvalue weighted by molar-refractivity contribution is -0.137. The van der Waals surface area contributed by atoms with Gasteiger partial charge in [-0.25, -0.2) is 4.79 Å². The van der Waals surface area contributed by atoms with Crippen LogP contribution in [0.3, 0.4) is 0 Å². The first-order valence-electron chi connectivity index (χ1n) is 7.76. The normalized spacial score (nSPS) is 24.8. The molecular formula is C18H21NO4. The number of carbonyl (C=O) groups is 2. The Labute approximate surface area is 135 Å². The van der Waals surface area contributed by atoms with Gasteiger partial charge < -0.3 is 14.4 Å². The van der Waals surface area contributed by atoms with Gasteiger partial charge >= 0.3 is 5.97 Å². The molecule has 1 amide bonds. The van der Waals surface area contributed by atoms with E-state index in [-0.39, 0.29) is 23.8 Å². The SMILES string of the molecule is COC(=O)/C(C)=C1/CC2CC1N(Cc1ccc(OC)cc1)C2=O. The molecule has 5 heteroatoms. The third kappa shape index (κ3) is 2.71. The minimum absolute atomic E-state index is 0.00727. The summed E-state index contributed by atoms with van der Waals surface area (Å²) in [6.45, 7) is 2.35. The summed E-state index contributed by atoms with van der Waals surface area (Å²) in [6.07, 6.45) is 1.49. The fourth-order valence-corrected chi connectivity index (χ4v) is 3.59. The van der Waals surface area contributed by atoms with Crippen molar-refractivity contribution in [3.8, 4) is 5.75 Å². The van der Waals surface area contributed by atoms with Crippen LogP contribution in [0.25, 0.3) is 0 Å². The maximum atomic E-state index is 12.5. The molecule has 2 aliphatic rings. The van der Waals surface area contributed by atoms with Crippen LogP contribution in [0, 0.1) is 5.92 Å². The highest BCUT2D eigenvalue weighted by molar-refractivity contribution is 5.91. The van der Waals surface area contributed by atoms with Crippen LogP contribution in [0.2, 0.25) is 0 Å². The third-order valence-corrected chi connectivity index (χ3v) is 4.87. The second-order valence-corrected chi connectivity index (χ2v) is 6.11. The molecule has 1 saturated carbocycles. The van der Waals surface area contributed by atoms with Crippen LogP contribution in [-0.2, 0) is 20.9 Å². The van der Waals surface area contributed by atoms with Gasteiger partial charge in [0.2, 0.25) is 5.91 Å². The Morgan fingerprint density at radius 2 is 1.96 bits per heavy atom. The molecule has 0 N–H and O–H groups in total. The van der Waals surface area contributed by atoms with Crippen molar-refractivity contribution >= 4 is 11.9 Å². The number of likely N-dealkylation sites (tertiary alicyclic amines) is 1. The molecule has 3 rings (SSSR count). The number of methoxy groups -OCH3 is 2. The van der Waals surface area contributed by atoms with Gasteiger partial charge in [0.05, 0.1) is 20.3 Å². The van der Waals surface area contributed by atoms with Gasteiger partial charge in [0.1, 0.15) is 5.75 Å². The van der Waals surface area contributed by atoms with E-state index in [1.165, 1.54) is 7.11 Å². The Morgan fingerprint density at radius 3 is 2.52 bits per heavy atom. The number of fused-ring (bicyclic) bond motifs is 2. The molecule has 1 heterocycles. The van der Waals surface area contributed by atoms with Gasteiger partial charge in [0, 0.05) is 18.0 Å². The lowest BCUT2D eigenvalue weighted by atomic mass is 9.98. The van der Waals surface area contributed by atoms with Crippen molar-refractivity contribution in [2.75, 3.05) is 14.2 Å². The van der Waals surface area contributed by atoms with Crippen LogP contribution >= 0.6 is 0 Å². The number of amides is 1. The summed E-state index contributed by atoms with van der Waals surface area (Å²) in [4.78, 5) is 26.1. The van der Waals surface area contributed by atoms with E-state index in [0.717, 1.165) is 23.3 Å². The van der Waals surface area contributed by atoms with E-state index in [4.69, 9.17) is 9.47 Å². The van der Waals surface area contributed by atoms with Gasteiger partial charge in [-0.15, -0.1) is 0 Å². The summed E-state index contributed by atoms with van der Waals surface area (Å²) in [5, 5.41) is 0. The zero-order valence-electron chi connectivity index (χ0n) is 13.7. The number of nitrogens with zero attached hydrogens (tertiary/aromatic N) is 1. The Hall–Kier alpha value is -2.30. The maximum Gasteiger partial charge on any atom is 0.333 e. The predicted octanol–water partition coefficient (Wildman–Crippen LogP) is 2.31. The first-order valence-corrected chi connectivity index (χ1v) is 7.76. The van der Waals surface area contributed by atoms with Crippen molar-refractivity contribution in [1.29, 1.82) is 0 Å². The number of rotatable bonds is 4. The van der Waals surface area contributed by atoms with Gasteiger partial charge in [0.25, 0.3) is 0 Å². The summed E-state index contributed by atoms with van der Waals surface area (Å²) in [7, 11) is 3.02. The van der Waals surface area contributed by atoms with E-state index < -0.39 is 0 Å². The largest absolute Gasteiger partial charge is 0.497 e. The van der Waals surface area contributed by atoms with Gasteiger partial charge in [-0.2, -0.15) is 0 Å². The molecule has 2 unspecified atom stereocenters. The quantitative estimate of drug-likeness (QED) is 0.632. The lowest BCUT2D eigenvalue weighted by Gasteiger charge is -2.30. The molecule has 0 spiro atoms. The summed E-state index contributed by atoms with van der Waals surface area (Å²) in [5.41, 5.74) is 2.75. The molecule has 122 valence electrons. The number of ether oxygens (including phenoxy) is 2. The first kappa shape index (κ1) is 15.6. The average Bonchev–Trinajstić information content (AvgIpc) is 3.14. The molecule has 23 heavy (non-hydrogen) atoms. The van der Waals surface area contributed by atoms with Crippen molar-refractivity contribution in [3.05, 3.63) is 41.0 Å². The first-order chi connectivity index (χ1) is 11.0. The molecule has 2 atom stereocenters. The van der Waals surface area contributed by atoms with Gasteiger partial charge in [-0.1, -0.05) is 12.1 Å². The van der Waals surface area contributed by atoms with Crippen molar-refractivity contribution < 1.29 is 19.1 Å². The summed E-state index contributed by atoms with van der Waals surface area (Å²) >= 11 is 0. The fourth-order valence-electron chi connectivity index (χ4n) is 3.59. The minimum atomic E-state index is -0.301. The van der Waals surface area contributed by atoms with Gasteiger partial charge in [-0.05, 0) is 43.0 Å². The Kier molecular flexibility index (Phi) is 4.11. The van der Waals surface area contributed by atoms with Crippen molar-refractivity contribution in [3.63, 3.8) is 0 Å². The zero-order chi connectivity index (χ0) is 16.6. The lowest BCUT2D eigenvalue weighted by Crippen LogP contribution is -2.38. The van der Waals surface area contributed by atoms with Crippen LogP contribution in [0.4, 0.5) is 0 Å². The molecule has 0 radical (unpaired) electrons. The Bertz CT molecular complexity index is 662. The number of carbonyl (C=O) groups excluding carboxylic acids is 2. The predicted molar refractivity (Wildman–Crippen MR) is 84.8 cm³/mol. The molecule has 1 aliphatic heterocycles. The smallest absolute Gasteiger partial charge is 0.333 e. The Morgan fingerprint density at radius 1 is 1.26 bits per heavy atom. The average molecular weight is 315 g/mol. The van der Waals surface area contributed by atoms with E-state index in [1.807, 2.05) is 29.2 Å². The Balaban J connectivity index is 1.82. The van der Waals surface area contributed by atoms with E-state index in [1.54, 1.807) is 14.0 Å². The molecule has 1 saturated heterocycles. The fraction of sp³-hybridized carbons (Fsp3) is 0.444. The number of piperidine rings is 1. The highest BCUT2D eigenvalue weighted by Gasteiger charge is 2.48. The van der Waals surface area contributed by atoms with Gasteiger partial charge in [-0.3, -0.25) is 4.79 Å². The zero-order valence-corrected chi connectivity index (χ0v) is 13.7. The van der Waals surface area contributed by atoms with Crippen molar-refractivity contribution in [1.82, 2.24) is 4.90 Å². The molecule has 0 aromatic heterocycles. The van der Waals surface area contributed by atoms with E-state index in [0.29, 0.717) is 18.5 Å². The van der Waals surface area contributed by atoms with Crippen LogP contribution < -0.4 is 4.74 Å². The monoisotopic (exact) mass is 315 g/mol. The molecule has 2 fully saturated rings. The van der Waals surface area contributed by atoms with Crippen LogP contribution in [0.5, 0.6) is 5.75 Å². The van der Waals surface area contributed by atoms with Crippen molar-refractivity contribution in [2.45, 2.75) is 32.4 Å².